The molecule has 0 unspecified atom stereocenters. The van der Waals surface area contributed by atoms with E-state index in [1.165, 1.54) is 18.6 Å². The van der Waals surface area contributed by atoms with Gasteiger partial charge in [-0.1, -0.05) is 0 Å². The predicted molar refractivity (Wildman–Crippen MR) is 121 cm³/mol. The lowest BCUT2D eigenvalue weighted by Crippen LogP contribution is -2.30. The molecule has 0 atom stereocenters. The number of rotatable bonds is 4. The zero-order valence-electron chi connectivity index (χ0n) is 18.1. The van der Waals surface area contributed by atoms with Crippen molar-refractivity contribution in [3.05, 3.63) is 59.7 Å². The van der Waals surface area contributed by atoms with E-state index in [0.717, 1.165) is 31.6 Å². The number of nitrogens with one attached hydrogen (secondary N) is 1. The first kappa shape index (κ1) is 20.2. The summed E-state index contributed by atoms with van der Waals surface area (Å²) < 4.78 is 21.3. The van der Waals surface area contributed by atoms with Crippen molar-refractivity contribution in [3.63, 3.8) is 0 Å². The van der Waals surface area contributed by atoms with Gasteiger partial charge < -0.3 is 14.6 Å². The molecule has 3 aromatic heterocycles. The molecule has 1 saturated heterocycles. The van der Waals surface area contributed by atoms with E-state index >= 15 is 0 Å². The Morgan fingerprint density at radius 3 is 2.72 bits per heavy atom. The third kappa shape index (κ3) is 3.62. The SMILES string of the molecule is Cc1nn(C)c2nc(-c3ccco3)cc(C(=O)Nc3cc(F)ccc3N3CCCCC3)c12. The number of hydrogen-bond donors (Lipinski definition) is 1. The second-order valence-electron chi connectivity index (χ2n) is 8.10. The smallest absolute Gasteiger partial charge is 0.256 e. The maximum atomic E-state index is 14.1. The number of aryl methyl sites for hydroxylation is 2. The fourth-order valence-corrected chi connectivity index (χ4v) is 4.38. The van der Waals surface area contributed by atoms with E-state index in [0.29, 0.717) is 39.4 Å². The number of aromatic nitrogens is 3. The topological polar surface area (TPSA) is 76.2 Å². The number of nitrogens with zero attached hydrogens (tertiary/aromatic N) is 4. The number of pyridine rings is 1. The summed E-state index contributed by atoms with van der Waals surface area (Å²) in [5, 5.41) is 8.06. The van der Waals surface area contributed by atoms with Crippen LogP contribution in [0.1, 0.15) is 35.3 Å². The Morgan fingerprint density at radius 2 is 1.97 bits per heavy atom. The minimum atomic E-state index is -0.394. The van der Waals surface area contributed by atoms with E-state index in [2.05, 4.69) is 20.3 Å². The number of anilines is 2. The summed E-state index contributed by atoms with van der Waals surface area (Å²) in [7, 11) is 1.79. The van der Waals surface area contributed by atoms with Gasteiger partial charge in [0.1, 0.15) is 11.5 Å². The quantitative estimate of drug-likeness (QED) is 0.494. The summed E-state index contributed by atoms with van der Waals surface area (Å²) in [6, 6.07) is 9.81. The van der Waals surface area contributed by atoms with Crippen LogP contribution in [0.2, 0.25) is 0 Å². The summed E-state index contributed by atoms with van der Waals surface area (Å²) >= 11 is 0. The lowest BCUT2D eigenvalue weighted by Gasteiger charge is -2.30. The van der Waals surface area contributed by atoms with Gasteiger partial charge in [0.05, 0.1) is 34.3 Å². The Hall–Kier alpha value is -3.68. The third-order valence-electron chi connectivity index (χ3n) is 5.89. The van der Waals surface area contributed by atoms with Crippen LogP contribution in [0.4, 0.5) is 15.8 Å². The second-order valence-corrected chi connectivity index (χ2v) is 8.10. The van der Waals surface area contributed by atoms with Crippen LogP contribution in [0.25, 0.3) is 22.5 Å². The predicted octanol–water partition coefficient (Wildman–Crippen LogP) is 4.92. The Bertz CT molecular complexity index is 1290. The number of piperidine rings is 1. The molecule has 0 bridgehead atoms. The number of carbonyl (C=O) groups excluding carboxylic acids is 1. The first-order valence-electron chi connectivity index (χ1n) is 10.8. The number of amides is 1. The normalized spacial score (nSPS) is 14.2. The van der Waals surface area contributed by atoms with Crippen LogP contribution in [-0.2, 0) is 7.05 Å². The van der Waals surface area contributed by atoms with Crippen molar-refractivity contribution in [1.82, 2.24) is 14.8 Å². The zero-order chi connectivity index (χ0) is 22.2. The molecule has 0 spiro atoms. The highest BCUT2D eigenvalue weighted by Crippen LogP contribution is 2.32. The second kappa shape index (κ2) is 8.11. The first-order valence-corrected chi connectivity index (χ1v) is 10.8. The van der Waals surface area contributed by atoms with Gasteiger partial charge in [0.25, 0.3) is 5.91 Å². The molecule has 0 radical (unpaired) electrons. The van der Waals surface area contributed by atoms with Crippen molar-refractivity contribution in [1.29, 1.82) is 0 Å². The molecule has 0 aliphatic carbocycles. The van der Waals surface area contributed by atoms with Crippen LogP contribution in [0.5, 0.6) is 0 Å². The summed E-state index contributed by atoms with van der Waals surface area (Å²) in [5.41, 5.74) is 3.52. The fourth-order valence-electron chi connectivity index (χ4n) is 4.38. The standard InChI is InChI=1S/C24H24FN5O2/c1-15-22-17(14-19(21-7-6-12-32-21)26-23(22)29(2)28-15)24(31)27-18-13-16(25)8-9-20(18)30-10-4-3-5-11-30/h6-9,12-14H,3-5,10-11H2,1-2H3,(H,27,31). The molecule has 1 aliphatic rings. The van der Waals surface area contributed by atoms with Crippen LogP contribution < -0.4 is 10.2 Å². The van der Waals surface area contributed by atoms with Crippen LogP contribution >= 0.6 is 0 Å². The zero-order valence-corrected chi connectivity index (χ0v) is 18.1. The number of hydrogen-bond acceptors (Lipinski definition) is 5. The van der Waals surface area contributed by atoms with Crippen LogP contribution in [0.15, 0.2) is 47.1 Å². The van der Waals surface area contributed by atoms with E-state index in [-0.39, 0.29) is 5.91 Å². The molecule has 7 nitrogen and oxygen atoms in total. The van der Waals surface area contributed by atoms with E-state index in [4.69, 9.17) is 4.42 Å². The van der Waals surface area contributed by atoms with Crippen LogP contribution in [0.3, 0.4) is 0 Å². The van der Waals surface area contributed by atoms with Crippen molar-refractivity contribution < 1.29 is 13.6 Å². The molecule has 1 aromatic carbocycles. The maximum Gasteiger partial charge on any atom is 0.256 e. The monoisotopic (exact) mass is 433 g/mol. The summed E-state index contributed by atoms with van der Waals surface area (Å²) in [6.07, 6.45) is 4.91. The summed E-state index contributed by atoms with van der Waals surface area (Å²) in [6.45, 7) is 3.62. The van der Waals surface area contributed by atoms with E-state index < -0.39 is 5.82 Å². The average Bonchev–Trinajstić information content (AvgIpc) is 3.42. The minimum absolute atomic E-state index is 0.342. The molecule has 164 valence electrons. The average molecular weight is 433 g/mol. The van der Waals surface area contributed by atoms with Gasteiger partial charge in [0.2, 0.25) is 0 Å². The van der Waals surface area contributed by atoms with Crippen molar-refractivity contribution in [2.24, 2.45) is 7.05 Å². The lowest BCUT2D eigenvalue weighted by molar-refractivity contribution is 0.102. The van der Waals surface area contributed by atoms with Crippen molar-refractivity contribution in [3.8, 4) is 11.5 Å². The highest BCUT2D eigenvalue weighted by molar-refractivity contribution is 6.14. The van der Waals surface area contributed by atoms with Gasteiger partial charge in [-0.3, -0.25) is 9.48 Å². The molecule has 8 heteroatoms. The fraction of sp³-hybridized carbons (Fsp3) is 0.292. The van der Waals surface area contributed by atoms with Crippen molar-refractivity contribution in [2.45, 2.75) is 26.2 Å². The van der Waals surface area contributed by atoms with Gasteiger partial charge in [0, 0.05) is 20.1 Å². The highest BCUT2D eigenvalue weighted by Gasteiger charge is 2.22. The molecule has 1 aliphatic heterocycles. The molecule has 1 amide bonds. The van der Waals surface area contributed by atoms with Gasteiger partial charge in [-0.25, -0.2) is 9.37 Å². The molecule has 0 saturated carbocycles. The van der Waals surface area contributed by atoms with Gasteiger partial charge in [0.15, 0.2) is 11.4 Å². The van der Waals surface area contributed by atoms with Crippen LogP contribution in [-0.4, -0.2) is 33.8 Å². The van der Waals surface area contributed by atoms with E-state index in [1.807, 2.05) is 6.92 Å². The maximum absolute atomic E-state index is 14.1. The molecular formula is C24H24FN5O2. The molecule has 1 fully saturated rings. The molecule has 4 heterocycles. The van der Waals surface area contributed by atoms with E-state index in [1.54, 1.807) is 42.3 Å². The number of fused-ring (bicyclic) bond motifs is 1. The van der Waals surface area contributed by atoms with Gasteiger partial charge in [-0.05, 0) is 62.6 Å². The first-order chi connectivity index (χ1) is 15.5. The Kier molecular flexibility index (Phi) is 5.13. The molecule has 5 rings (SSSR count). The van der Waals surface area contributed by atoms with Gasteiger partial charge >= 0.3 is 0 Å². The molecule has 32 heavy (non-hydrogen) atoms. The number of benzene rings is 1. The molecule has 1 N–H and O–H groups in total. The third-order valence-corrected chi connectivity index (χ3v) is 5.89. The number of furan rings is 1. The molecular weight excluding hydrogens is 409 g/mol. The van der Waals surface area contributed by atoms with E-state index in [9.17, 15) is 9.18 Å². The van der Waals surface area contributed by atoms with Gasteiger partial charge in [-0.15, -0.1) is 0 Å². The van der Waals surface area contributed by atoms with Crippen molar-refractivity contribution in [2.75, 3.05) is 23.3 Å². The Labute approximate surface area is 184 Å². The summed E-state index contributed by atoms with van der Waals surface area (Å²) in [4.78, 5) is 20.4. The number of halogens is 1. The largest absolute Gasteiger partial charge is 0.463 e. The minimum Gasteiger partial charge on any atom is -0.463 e. The summed E-state index contributed by atoms with van der Waals surface area (Å²) in [5.74, 6) is -0.181. The van der Waals surface area contributed by atoms with Crippen molar-refractivity contribution >= 4 is 28.3 Å². The molecule has 4 aromatic rings. The Morgan fingerprint density at radius 1 is 1.16 bits per heavy atom. The number of carbonyl (C=O) groups is 1. The highest BCUT2D eigenvalue weighted by atomic mass is 19.1. The van der Waals surface area contributed by atoms with Crippen LogP contribution in [0, 0.1) is 12.7 Å². The Balaban J connectivity index is 1.58. The van der Waals surface area contributed by atoms with Gasteiger partial charge in [-0.2, -0.15) is 5.10 Å². The lowest BCUT2D eigenvalue weighted by atomic mass is 10.1.